The fourth-order valence-electron chi connectivity index (χ4n) is 1.94. The van der Waals surface area contributed by atoms with Crippen molar-refractivity contribution < 1.29 is 29.2 Å². The van der Waals surface area contributed by atoms with E-state index >= 15 is 0 Å². The number of amides is 1. The topological polar surface area (TPSA) is 97.2 Å². The molecule has 1 aliphatic rings. The van der Waals surface area contributed by atoms with Crippen molar-refractivity contribution in [1.82, 2.24) is 5.32 Å². The molecule has 0 bridgehead atoms. The number of carbonyl (C=O) groups excluding carboxylic acids is 1. The maximum Gasteiger partial charge on any atom is 0.217 e. The summed E-state index contributed by atoms with van der Waals surface area (Å²) in [6.45, 7) is 0.998. The Morgan fingerprint density at radius 3 is 2.47 bits per heavy atom. The molecular weight excluding hydrogens is 230 g/mol. The van der Waals surface area contributed by atoms with Gasteiger partial charge in [0, 0.05) is 21.1 Å². The molecule has 0 radical (unpaired) electrons. The second-order valence-electron chi connectivity index (χ2n) is 3.88. The van der Waals surface area contributed by atoms with Crippen molar-refractivity contribution in [2.75, 3.05) is 20.8 Å². The number of methoxy groups -OCH3 is 2. The Hall–Kier alpha value is -0.730. The Balaban J connectivity index is 2.86. The summed E-state index contributed by atoms with van der Waals surface area (Å²) in [5, 5.41) is 21.6. The van der Waals surface area contributed by atoms with E-state index in [1.165, 1.54) is 21.1 Å². The van der Waals surface area contributed by atoms with Gasteiger partial charge in [-0.1, -0.05) is 0 Å². The number of ether oxygens (including phenoxy) is 3. The van der Waals surface area contributed by atoms with Crippen molar-refractivity contribution in [1.29, 1.82) is 0 Å². The molecule has 1 heterocycles. The average Bonchev–Trinajstić information content (AvgIpc) is 2.29. The minimum atomic E-state index is -1.03. The van der Waals surface area contributed by atoms with E-state index in [2.05, 4.69) is 5.32 Å². The first-order chi connectivity index (χ1) is 8.04. The highest BCUT2D eigenvalue weighted by Crippen LogP contribution is 2.23. The Morgan fingerprint density at radius 1 is 1.41 bits per heavy atom. The minimum Gasteiger partial charge on any atom is -0.394 e. The number of hydrogen-bond acceptors (Lipinski definition) is 6. The summed E-state index contributed by atoms with van der Waals surface area (Å²) in [6, 6.07) is -0.625. The lowest BCUT2D eigenvalue weighted by Crippen LogP contribution is -2.64. The lowest BCUT2D eigenvalue weighted by molar-refractivity contribution is -0.266. The van der Waals surface area contributed by atoms with Crippen LogP contribution >= 0.6 is 0 Å². The molecule has 0 aromatic carbocycles. The zero-order valence-corrected chi connectivity index (χ0v) is 10.1. The van der Waals surface area contributed by atoms with E-state index in [1.54, 1.807) is 0 Å². The van der Waals surface area contributed by atoms with E-state index in [0.29, 0.717) is 0 Å². The lowest BCUT2D eigenvalue weighted by Gasteiger charge is -2.43. The van der Waals surface area contributed by atoms with Gasteiger partial charge in [-0.05, 0) is 0 Å². The van der Waals surface area contributed by atoms with Gasteiger partial charge >= 0.3 is 0 Å². The van der Waals surface area contributed by atoms with Crippen molar-refractivity contribution in [3.05, 3.63) is 0 Å². The standard InChI is InChI=1S/C10H19NO6/c1-5(13)11-7-9(15-2)8(14)6(4-12)17-10(7)16-3/h6-10,12,14H,4H2,1-3H3,(H,11,13)/t6?,7-,8+,9?,10?/m0/s1. The van der Waals surface area contributed by atoms with Gasteiger partial charge in [0.1, 0.15) is 24.4 Å². The first-order valence-electron chi connectivity index (χ1n) is 5.32. The highest BCUT2D eigenvalue weighted by Gasteiger charge is 2.45. The van der Waals surface area contributed by atoms with Crippen LogP contribution in [0.4, 0.5) is 0 Å². The zero-order valence-electron chi connectivity index (χ0n) is 10.1. The Labute approximate surface area is 99.7 Å². The minimum absolute atomic E-state index is 0.280. The van der Waals surface area contributed by atoms with Crippen molar-refractivity contribution >= 4 is 5.91 Å². The third kappa shape index (κ3) is 3.14. The molecule has 0 spiro atoms. The van der Waals surface area contributed by atoms with Gasteiger partial charge in [0.05, 0.1) is 6.61 Å². The zero-order chi connectivity index (χ0) is 13.0. The molecule has 0 aliphatic carbocycles. The number of aliphatic hydroxyl groups excluding tert-OH is 2. The fourth-order valence-corrected chi connectivity index (χ4v) is 1.94. The quantitative estimate of drug-likeness (QED) is 0.545. The average molecular weight is 249 g/mol. The maximum atomic E-state index is 11.1. The van der Waals surface area contributed by atoms with E-state index in [1.807, 2.05) is 0 Å². The molecule has 1 saturated heterocycles. The van der Waals surface area contributed by atoms with Crippen LogP contribution in [0.15, 0.2) is 0 Å². The van der Waals surface area contributed by atoms with Crippen molar-refractivity contribution in [3.63, 3.8) is 0 Å². The number of aliphatic hydroxyl groups is 2. The Morgan fingerprint density at radius 2 is 2.06 bits per heavy atom. The molecule has 0 aromatic heterocycles. The summed E-state index contributed by atoms with van der Waals surface area (Å²) in [4.78, 5) is 11.1. The summed E-state index contributed by atoms with van der Waals surface area (Å²) < 4.78 is 15.5. The molecular formula is C10H19NO6. The first-order valence-corrected chi connectivity index (χ1v) is 5.32. The summed E-state index contributed by atoms with van der Waals surface area (Å²) in [7, 11) is 2.83. The SMILES string of the molecule is COC1OC(CO)[C@@H](O)C(OC)[C@@H]1NC(C)=O. The van der Waals surface area contributed by atoms with Crippen LogP contribution in [0.25, 0.3) is 0 Å². The third-order valence-electron chi connectivity index (χ3n) is 2.73. The predicted octanol–water partition coefficient (Wildman–Crippen LogP) is -1.77. The van der Waals surface area contributed by atoms with Crippen LogP contribution in [0.2, 0.25) is 0 Å². The van der Waals surface area contributed by atoms with Crippen LogP contribution in [0.5, 0.6) is 0 Å². The summed E-state index contributed by atoms with van der Waals surface area (Å²) in [5.41, 5.74) is 0. The van der Waals surface area contributed by atoms with Crippen LogP contribution in [0.1, 0.15) is 6.92 Å². The number of nitrogens with one attached hydrogen (secondary N) is 1. The maximum absolute atomic E-state index is 11.1. The molecule has 0 aromatic rings. The number of rotatable bonds is 4. The van der Waals surface area contributed by atoms with Gasteiger partial charge in [-0.3, -0.25) is 4.79 Å². The van der Waals surface area contributed by atoms with Gasteiger partial charge in [-0.25, -0.2) is 0 Å². The summed E-state index contributed by atoms with van der Waals surface area (Å²) in [6.07, 6.45) is -3.30. The molecule has 0 saturated carbocycles. The molecule has 1 fully saturated rings. The van der Waals surface area contributed by atoms with E-state index in [9.17, 15) is 9.90 Å². The van der Waals surface area contributed by atoms with E-state index in [-0.39, 0.29) is 12.5 Å². The second-order valence-corrected chi connectivity index (χ2v) is 3.88. The molecule has 1 amide bonds. The van der Waals surface area contributed by atoms with Crippen molar-refractivity contribution in [3.8, 4) is 0 Å². The molecule has 100 valence electrons. The van der Waals surface area contributed by atoms with Gasteiger partial charge in [-0.2, -0.15) is 0 Å². The van der Waals surface area contributed by atoms with E-state index in [0.717, 1.165) is 0 Å². The van der Waals surface area contributed by atoms with Crippen LogP contribution < -0.4 is 5.32 Å². The van der Waals surface area contributed by atoms with Crippen molar-refractivity contribution in [2.45, 2.75) is 37.6 Å². The highest BCUT2D eigenvalue weighted by molar-refractivity contribution is 5.73. The molecule has 17 heavy (non-hydrogen) atoms. The molecule has 3 N–H and O–H groups in total. The van der Waals surface area contributed by atoms with Crippen LogP contribution in [0, 0.1) is 0 Å². The van der Waals surface area contributed by atoms with Crippen LogP contribution in [-0.4, -0.2) is 67.6 Å². The van der Waals surface area contributed by atoms with E-state index < -0.39 is 30.6 Å². The third-order valence-corrected chi connectivity index (χ3v) is 2.73. The molecule has 7 nitrogen and oxygen atoms in total. The smallest absolute Gasteiger partial charge is 0.217 e. The van der Waals surface area contributed by atoms with E-state index in [4.69, 9.17) is 19.3 Å². The summed E-state index contributed by atoms with van der Waals surface area (Å²) >= 11 is 0. The molecule has 5 atom stereocenters. The van der Waals surface area contributed by atoms with Crippen LogP contribution in [-0.2, 0) is 19.0 Å². The molecule has 1 rings (SSSR count). The normalized spacial score (nSPS) is 37.8. The summed E-state index contributed by atoms with van der Waals surface area (Å²) in [5.74, 6) is -0.280. The Bertz CT molecular complexity index is 261. The molecule has 7 heteroatoms. The first kappa shape index (κ1) is 14.3. The van der Waals surface area contributed by atoms with Crippen molar-refractivity contribution in [2.24, 2.45) is 0 Å². The van der Waals surface area contributed by atoms with Gasteiger partial charge in [0.2, 0.25) is 5.91 Å². The lowest BCUT2D eigenvalue weighted by atomic mass is 9.96. The Kier molecular flexibility index (Phi) is 5.29. The largest absolute Gasteiger partial charge is 0.394 e. The molecule has 3 unspecified atom stereocenters. The fraction of sp³-hybridized carbons (Fsp3) is 0.900. The predicted molar refractivity (Wildman–Crippen MR) is 57.2 cm³/mol. The molecule has 1 aliphatic heterocycles. The number of carbonyl (C=O) groups is 1. The highest BCUT2D eigenvalue weighted by atomic mass is 16.7. The van der Waals surface area contributed by atoms with Gasteiger partial charge < -0.3 is 29.7 Å². The van der Waals surface area contributed by atoms with Gasteiger partial charge in [0.15, 0.2) is 6.29 Å². The van der Waals surface area contributed by atoms with Gasteiger partial charge in [-0.15, -0.1) is 0 Å². The second kappa shape index (κ2) is 6.27. The van der Waals surface area contributed by atoms with Gasteiger partial charge in [0.25, 0.3) is 0 Å². The van der Waals surface area contributed by atoms with Crippen LogP contribution in [0.3, 0.4) is 0 Å². The number of hydrogen-bond donors (Lipinski definition) is 3. The monoisotopic (exact) mass is 249 g/mol.